The van der Waals surface area contributed by atoms with E-state index in [-0.39, 0.29) is 0 Å². The van der Waals surface area contributed by atoms with Gasteiger partial charge in [0.25, 0.3) is 0 Å². The number of piperazine rings is 1. The smallest absolute Gasteiger partial charge is 0.310 e. The van der Waals surface area contributed by atoms with E-state index in [1.165, 1.54) is 13.0 Å². The molecule has 2 aliphatic rings. The topological polar surface area (TPSA) is 43.8 Å². The highest BCUT2D eigenvalue weighted by molar-refractivity contribution is 5.75. The Kier molecular flexibility index (Phi) is 5.44. The lowest BCUT2D eigenvalue weighted by Gasteiger charge is -2.42. The van der Waals surface area contributed by atoms with Crippen LogP contribution < -0.4 is 0 Å². The Morgan fingerprint density at radius 1 is 1.15 bits per heavy atom. The monoisotopic (exact) mass is 282 g/mol. The first-order chi connectivity index (χ1) is 9.55. The van der Waals surface area contributed by atoms with E-state index in [0.29, 0.717) is 5.92 Å². The summed E-state index contributed by atoms with van der Waals surface area (Å²) in [4.78, 5) is 16.7. The molecule has 1 N–H and O–H groups in total. The van der Waals surface area contributed by atoms with Gasteiger partial charge in [-0.15, -0.1) is 0 Å². The molecule has 0 aromatic rings. The van der Waals surface area contributed by atoms with Crippen molar-refractivity contribution in [1.82, 2.24) is 9.80 Å². The van der Waals surface area contributed by atoms with Gasteiger partial charge >= 0.3 is 5.97 Å². The highest BCUT2D eigenvalue weighted by atomic mass is 16.4. The highest BCUT2D eigenvalue weighted by Gasteiger charge is 2.42. The molecule has 0 radical (unpaired) electrons. The maximum absolute atomic E-state index is 11.8. The van der Waals surface area contributed by atoms with Gasteiger partial charge in [0.05, 0.1) is 5.41 Å². The number of hydrogen-bond acceptors (Lipinski definition) is 3. The van der Waals surface area contributed by atoms with Crippen LogP contribution in [0.3, 0.4) is 0 Å². The lowest BCUT2D eigenvalue weighted by atomic mass is 9.70. The van der Waals surface area contributed by atoms with Crippen LogP contribution in [-0.4, -0.2) is 60.1 Å². The quantitative estimate of drug-likeness (QED) is 0.840. The Balaban J connectivity index is 1.88. The van der Waals surface area contributed by atoms with Crippen LogP contribution in [0.25, 0.3) is 0 Å². The molecule has 1 aliphatic heterocycles. The van der Waals surface area contributed by atoms with Gasteiger partial charge in [0.2, 0.25) is 0 Å². The summed E-state index contributed by atoms with van der Waals surface area (Å²) in [7, 11) is 0. The minimum absolute atomic E-state index is 0.473. The third-order valence-electron chi connectivity index (χ3n) is 5.22. The first-order valence-corrected chi connectivity index (χ1v) is 8.24. The van der Waals surface area contributed by atoms with Crippen LogP contribution in [0.5, 0.6) is 0 Å². The van der Waals surface area contributed by atoms with Crippen LogP contribution in [0, 0.1) is 11.3 Å². The zero-order valence-corrected chi connectivity index (χ0v) is 13.1. The summed E-state index contributed by atoms with van der Waals surface area (Å²) in [6, 6.07) is 0. The Hall–Kier alpha value is -0.610. The van der Waals surface area contributed by atoms with Crippen molar-refractivity contribution in [2.75, 3.05) is 39.3 Å². The Labute approximate surface area is 123 Å². The van der Waals surface area contributed by atoms with Crippen LogP contribution in [-0.2, 0) is 4.79 Å². The fourth-order valence-electron chi connectivity index (χ4n) is 3.67. The lowest BCUT2D eigenvalue weighted by Crippen LogP contribution is -2.52. The van der Waals surface area contributed by atoms with Gasteiger partial charge in [-0.3, -0.25) is 9.69 Å². The molecular formula is C16H30N2O2. The van der Waals surface area contributed by atoms with Gasteiger partial charge in [-0.25, -0.2) is 0 Å². The third-order valence-corrected chi connectivity index (χ3v) is 5.22. The molecule has 0 aromatic carbocycles. The zero-order valence-electron chi connectivity index (χ0n) is 13.1. The van der Waals surface area contributed by atoms with Gasteiger partial charge in [0.15, 0.2) is 0 Å². The third kappa shape index (κ3) is 3.73. The molecule has 1 saturated heterocycles. The molecule has 2 fully saturated rings. The van der Waals surface area contributed by atoms with Gasteiger partial charge in [-0.1, -0.05) is 13.8 Å². The van der Waals surface area contributed by atoms with Crippen molar-refractivity contribution in [3.05, 3.63) is 0 Å². The molecule has 0 unspecified atom stereocenters. The summed E-state index contributed by atoms with van der Waals surface area (Å²) in [6.45, 7) is 10.7. The second-order valence-electron chi connectivity index (χ2n) is 6.89. The fourth-order valence-corrected chi connectivity index (χ4v) is 3.67. The predicted molar refractivity (Wildman–Crippen MR) is 80.9 cm³/mol. The van der Waals surface area contributed by atoms with E-state index in [9.17, 15) is 9.90 Å². The number of carbonyl (C=O) groups is 1. The minimum atomic E-state index is -0.569. The normalized spacial score (nSPS) is 33.2. The van der Waals surface area contributed by atoms with Gasteiger partial charge in [0.1, 0.15) is 0 Å². The Morgan fingerprint density at radius 3 is 2.20 bits per heavy atom. The number of hydrogen-bond donors (Lipinski definition) is 1. The van der Waals surface area contributed by atoms with E-state index in [4.69, 9.17) is 0 Å². The number of carboxylic acid groups (broad SMARTS) is 1. The Morgan fingerprint density at radius 2 is 1.70 bits per heavy atom. The van der Waals surface area contributed by atoms with Crippen LogP contribution in [0.4, 0.5) is 0 Å². The summed E-state index contributed by atoms with van der Waals surface area (Å²) < 4.78 is 0. The second-order valence-corrected chi connectivity index (χ2v) is 6.89. The molecule has 4 nitrogen and oxygen atoms in total. The van der Waals surface area contributed by atoms with Crippen LogP contribution in [0.1, 0.15) is 46.0 Å². The molecule has 0 aromatic heterocycles. The second kappa shape index (κ2) is 6.90. The van der Waals surface area contributed by atoms with Crippen molar-refractivity contribution in [2.24, 2.45) is 11.3 Å². The molecule has 1 saturated carbocycles. The maximum atomic E-state index is 11.8. The summed E-state index contributed by atoms with van der Waals surface area (Å²) >= 11 is 0. The number of nitrogens with zero attached hydrogens (tertiary/aromatic N) is 2. The molecule has 20 heavy (non-hydrogen) atoms. The van der Waals surface area contributed by atoms with Crippen LogP contribution in [0.2, 0.25) is 0 Å². The minimum Gasteiger partial charge on any atom is -0.481 e. The van der Waals surface area contributed by atoms with Crippen molar-refractivity contribution in [3.63, 3.8) is 0 Å². The maximum Gasteiger partial charge on any atom is 0.310 e. The Bertz CT molecular complexity index is 316. The molecule has 116 valence electrons. The molecular weight excluding hydrogens is 252 g/mol. The van der Waals surface area contributed by atoms with Gasteiger partial charge in [-0.2, -0.15) is 0 Å². The van der Waals surface area contributed by atoms with Crippen LogP contribution in [0.15, 0.2) is 0 Å². The zero-order chi connectivity index (χ0) is 14.6. The van der Waals surface area contributed by atoms with Crippen LogP contribution >= 0.6 is 0 Å². The largest absolute Gasteiger partial charge is 0.481 e. The molecule has 0 atom stereocenters. The van der Waals surface area contributed by atoms with E-state index in [1.807, 2.05) is 0 Å². The molecule has 2 rings (SSSR count). The van der Waals surface area contributed by atoms with E-state index in [0.717, 1.165) is 58.4 Å². The first-order valence-electron chi connectivity index (χ1n) is 8.24. The lowest BCUT2D eigenvalue weighted by molar-refractivity contribution is -0.153. The van der Waals surface area contributed by atoms with E-state index in [1.54, 1.807) is 0 Å². The summed E-state index contributed by atoms with van der Waals surface area (Å²) in [5.74, 6) is 0.129. The van der Waals surface area contributed by atoms with Crippen molar-refractivity contribution in [2.45, 2.75) is 46.0 Å². The van der Waals surface area contributed by atoms with Crippen molar-refractivity contribution >= 4 is 5.97 Å². The van der Waals surface area contributed by atoms with Crippen molar-refractivity contribution < 1.29 is 9.90 Å². The van der Waals surface area contributed by atoms with E-state index in [2.05, 4.69) is 23.6 Å². The molecule has 4 heteroatoms. The molecule has 0 spiro atoms. The average molecular weight is 282 g/mol. The first kappa shape index (κ1) is 15.8. The molecule has 1 aliphatic carbocycles. The summed E-state index contributed by atoms with van der Waals surface area (Å²) in [6.07, 6.45) is 5.07. The van der Waals surface area contributed by atoms with Gasteiger partial charge < -0.3 is 10.0 Å². The van der Waals surface area contributed by atoms with Gasteiger partial charge in [-0.05, 0) is 44.6 Å². The predicted octanol–water partition coefficient (Wildman–Crippen LogP) is 2.30. The van der Waals surface area contributed by atoms with Gasteiger partial charge in [0, 0.05) is 32.7 Å². The fraction of sp³-hybridized carbons (Fsp3) is 0.938. The standard InChI is InChI=1S/C16H30N2O2/c1-3-8-17-9-11-18(12-10-17)13-16(15(19)20)6-4-14(2)5-7-16/h14H,3-13H2,1-2H3,(H,19,20). The average Bonchev–Trinajstić information content (AvgIpc) is 2.44. The summed E-state index contributed by atoms with van der Waals surface area (Å²) in [5.41, 5.74) is -0.473. The molecule has 0 bridgehead atoms. The van der Waals surface area contributed by atoms with Crippen molar-refractivity contribution in [1.29, 1.82) is 0 Å². The number of rotatable bonds is 5. The molecule has 0 amide bonds. The van der Waals surface area contributed by atoms with E-state index < -0.39 is 11.4 Å². The number of aliphatic carboxylic acids is 1. The summed E-state index contributed by atoms with van der Waals surface area (Å²) in [5, 5.41) is 9.70. The highest BCUT2D eigenvalue weighted by Crippen LogP contribution is 2.40. The number of carboxylic acids is 1. The molecule has 1 heterocycles. The van der Waals surface area contributed by atoms with E-state index >= 15 is 0 Å². The SMILES string of the molecule is CCCN1CCN(CC2(C(=O)O)CCC(C)CC2)CC1. The van der Waals surface area contributed by atoms with Crippen molar-refractivity contribution in [3.8, 4) is 0 Å².